The Kier molecular flexibility index (Phi) is 4.36. The molecule has 0 radical (unpaired) electrons. The van der Waals surface area contributed by atoms with E-state index in [-0.39, 0.29) is 15.7 Å². The van der Waals surface area contributed by atoms with Crippen molar-refractivity contribution in [2.75, 3.05) is 10.1 Å². The van der Waals surface area contributed by atoms with Crippen LogP contribution in [0, 0.1) is 13.8 Å². The molecule has 112 valence electrons. The number of pyridine rings is 1. The molecule has 0 amide bonds. The molecule has 0 aliphatic rings. The van der Waals surface area contributed by atoms with Crippen LogP contribution >= 0.6 is 11.6 Å². The summed E-state index contributed by atoms with van der Waals surface area (Å²) in [5.41, 5.74) is 4.70. The summed E-state index contributed by atoms with van der Waals surface area (Å²) >= 11 is 5.89. The first kappa shape index (κ1) is 15.6. The molecule has 0 unspecified atom stereocenters. The van der Waals surface area contributed by atoms with Gasteiger partial charge in [0.15, 0.2) is 5.82 Å². The van der Waals surface area contributed by atoms with E-state index >= 15 is 0 Å². The number of rotatable bonds is 4. The molecule has 0 spiro atoms. The number of hydrazine groups is 1. The molecular weight excluding hydrogens is 312 g/mol. The largest absolute Gasteiger partial charge is 0.307 e. The van der Waals surface area contributed by atoms with Crippen LogP contribution in [0.5, 0.6) is 0 Å². The summed E-state index contributed by atoms with van der Waals surface area (Å²) in [5.74, 6) is 5.41. The van der Waals surface area contributed by atoms with Gasteiger partial charge in [-0.15, -0.1) is 0 Å². The molecule has 0 fully saturated rings. The Labute approximate surface area is 128 Å². The first-order chi connectivity index (χ1) is 9.81. The number of sulfonamides is 1. The van der Waals surface area contributed by atoms with E-state index in [1.54, 1.807) is 12.1 Å². The maximum absolute atomic E-state index is 12.3. The SMILES string of the molecule is Cc1cc(C)cc(NS(=O)(=O)c2cnc(NN)c(Cl)c2)c1. The topological polar surface area (TPSA) is 97.1 Å². The summed E-state index contributed by atoms with van der Waals surface area (Å²) in [6.45, 7) is 3.79. The van der Waals surface area contributed by atoms with Crippen LogP contribution in [-0.4, -0.2) is 13.4 Å². The number of halogens is 1. The van der Waals surface area contributed by atoms with Gasteiger partial charge >= 0.3 is 0 Å². The summed E-state index contributed by atoms with van der Waals surface area (Å²) in [6, 6.07) is 6.73. The monoisotopic (exact) mass is 326 g/mol. The van der Waals surface area contributed by atoms with Crippen LogP contribution in [0.2, 0.25) is 5.02 Å². The van der Waals surface area contributed by atoms with Gasteiger partial charge in [0, 0.05) is 11.9 Å². The highest BCUT2D eigenvalue weighted by Gasteiger charge is 2.17. The molecule has 2 aromatic rings. The molecule has 8 heteroatoms. The molecular formula is C13H15ClN4O2S. The highest BCUT2D eigenvalue weighted by molar-refractivity contribution is 7.92. The highest BCUT2D eigenvalue weighted by atomic mass is 35.5. The van der Waals surface area contributed by atoms with Crippen molar-refractivity contribution in [2.24, 2.45) is 5.84 Å². The Morgan fingerprint density at radius 2 is 1.76 bits per heavy atom. The maximum atomic E-state index is 12.3. The first-order valence-corrected chi connectivity index (χ1v) is 7.91. The van der Waals surface area contributed by atoms with E-state index in [1.807, 2.05) is 19.9 Å². The van der Waals surface area contributed by atoms with Crippen LogP contribution < -0.4 is 16.0 Å². The molecule has 1 aromatic heterocycles. The van der Waals surface area contributed by atoms with Gasteiger partial charge in [-0.25, -0.2) is 19.2 Å². The van der Waals surface area contributed by atoms with Crippen LogP contribution in [0.1, 0.15) is 11.1 Å². The molecule has 0 atom stereocenters. The van der Waals surface area contributed by atoms with Gasteiger partial charge in [-0.05, 0) is 43.2 Å². The van der Waals surface area contributed by atoms with E-state index in [0.717, 1.165) is 11.1 Å². The lowest BCUT2D eigenvalue weighted by Crippen LogP contribution is -2.15. The van der Waals surface area contributed by atoms with E-state index in [0.29, 0.717) is 5.69 Å². The van der Waals surface area contributed by atoms with Crippen LogP contribution in [-0.2, 0) is 10.0 Å². The quantitative estimate of drug-likeness (QED) is 0.592. The second kappa shape index (κ2) is 5.88. The minimum atomic E-state index is -3.76. The van der Waals surface area contributed by atoms with Crippen LogP contribution in [0.3, 0.4) is 0 Å². The van der Waals surface area contributed by atoms with Crippen molar-refractivity contribution in [2.45, 2.75) is 18.7 Å². The molecule has 0 aliphatic heterocycles. The van der Waals surface area contributed by atoms with Crippen LogP contribution in [0.4, 0.5) is 11.5 Å². The summed E-state index contributed by atoms with van der Waals surface area (Å²) in [4.78, 5) is 3.82. The lowest BCUT2D eigenvalue weighted by molar-refractivity contribution is 0.601. The van der Waals surface area contributed by atoms with Gasteiger partial charge in [-0.3, -0.25) is 4.72 Å². The summed E-state index contributed by atoms with van der Waals surface area (Å²) in [6.07, 6.45) is 1.19. The van der Waals surface area contributed by atoms with Gasteiger partial charge in [0.05, 0.1) is 5.02 Å². The number of nitrogens with one attached hydrogen (secondary N) is 2. The number of nitrogens with zero attached hydrogens (tertiary/aromatic N) is 1. The molecule has 21 heavy (non-hydrogen) atoms. The number of nitrogens with two attached hydrogens (primary N) is 1. The van der Waals surface area contributed by atoms with Gasteiger partial charge in [0.2, 0.25) is 0 Å². The van der Waals surface area contributed by atoms with Gasteiger partial charge in [0.1, 0.15) is 4.90 Å². The third kappa shape index (κ3) is 3.63. The molecule has 0 bridgehead atoms. The van der Waals surface area contributed by atoms with E-state index in [1.165, 1.54) is 12.3 Å². The number of benzene rings is 1. The Hall–Kier alpha value is -1.83. The van der Waals surface area contributed by atoms with Crippen molar-refractivity contribution in [1.29, 1.82) is 0 Å². The first-order valence-electron chi connectivity index (χ1n) is 6.05. The third-order valence-corrected chi connectivity index (χ3v) is 4.37. The number of anilines is 2. The standard InChI is InChI=1S/C13H15ClN4O2S/c1-8-3-9(2)5-10(4-8)18-21(19,20)11-6-12(14)13(17-15)16-7-11/h3-7,18H,15H2,1-2H3,(H,16,17). The number of hydrogen-bond acceptors (Lipinski definition) is 5. The number of aryl methyl sites for hydroxylation is 2. The highest BCUT2D eigenvalue weighted by Crippen LogP contribution is 2.24. The maximum Gasteiger partial charge on any atom is 0.263 e. The zero-order valence-electron chi connectivity index (χ0n) is 11.5. The predicted octanol–water partition coefficient (Wildman–Crippen LogP) is 2.44. The van der Waals surface area contributed by atoms with Crippen molar-refractivity contribution in [3.63, 3.8) is 0 Å². The Morgan fingerprint density at radius 3 is 2.29 bits per heavy atom. The number of aromatic nitrogens is 1. The van der Waals surface area contributed by atoms with Crippen molar-refractivity contribution in [1.82, 2.24) is 4.98 Å². The average molecular weight is 327 g/mol. The summed E-state index contributed by atoms with van der Waals surface area (Å²) in [5, 5.41) is 0.126. The van der Waals surface area contributed by atoms with Gasteiger partial charge in [-0.1, -0.05) is 17.7 Å². The van der Waals surface area contributed by atoms with Gasteiger partial charge < -0.3 is 5.43 Å². The van der Waals surface area contributed by atoms with Crippen molar-refractivity contribution >= 4 is 33.1 Å². The van der Waals surface area contributed by atoms with E-state index in [9.17, 15) is 8.42 Å². The molecule has 6 nitrogen and oxygen atoms in total. The molecule has 0 saturated heterocycles. The second-order valence-electron chi connectivity index (χ2n) is 4.63. The molecule has 4 N–H and O–H groups in total. The predicted molar refractivity (Wildman–Crippen MR) is 83.8 cm³/mol. The average Bonchev–Trinajstić information content (AvgIpc) is 2.36. The Morgan fingerprint density at radius 1 is 1.14 bits per heavy atom. The fourth-order valence-electron chi connectivity index (χ4n) is 1.92. The molecule has 0 aliphatic carbocycles. The zero-order valence-corrected chi connectivity index (χ0v) is 13.1. The van der Waals surface area contributed by atoms with Crippen LogP contribution in [0.15, 0.2) is 35.4 Å². The van der Waals surface area contributed by atoms with E-state index < -0.39 is 10.0 Å². The Bertz CT molecular complexity index is 757. The lowest BCUT2D eigenvalue weighted by Gasteiger charge is -2.10. The zero-order chi connectivity index (χ0) is 15.6. The second-order valence-corrected chi connectivity index (χ2v) is 6.72. The van der Waals surface area contributed by atoms with Gasteiger partial charge in [-0.2, -0.15) is 0 Å². The summed E-state index contributed by atoms with van der Waals surface area (Å²) < 4.78 is 27.1. The molecule has 0 saturated carbocycles. The number of nitrogen functional groups attached to an aromatic ring is 1. The minimum Gasteiger partial charge on any atom is -0.307 e. The van der Waals surface area contributed by atoms with Crippen molar-refractivity contribution in [3.8, 4) is 0 Å². The summed E-state index contributed by atoms with van der Waals surface area (Å²) in [7, 11) is -3.76. The van der Waals surface area contributed by atoms with Crippen LogP contribution in [0.25, 0.3) is 0 Å². The normalized spacial score (nSPS) is 11.2. The van der Waals surface area contributed by atoms with E-state index in [2.05, 4.69) is 15.1 Å². The number of hydrogen-bond donors (Lipinski definition) is 3. The third-order valence-electron chi connectivity index (χ3n) is 2.74. The van der Waals surface area contributed by atoms with Crippen molar-refractivity contribution in [3.05, 3.63) is 46.6 Å². The van der Waals surface area contributed by atoms with E-state index in [4.69, 9.17) is 17.4 Å². The molecule has 1 heterocycles. The fourth-order valence-corrected chi connectivity index (χ4v) is 3.22. The lowest BCUT2D eigenvalue weighted by atomic mass is 10.1. The Balaban J connectivity index is 2.36. The molecule has 1 aromatic carbocycles. The van der Waals surface area contributed by atoms with Crippen molar-refractivity contribution < 1.29 is 8.42 Å². The minimum absolute atomic E-state index is 0.0364. The smallest absolute Gasteiger partial charge is 0.263 e. The van der Waals surface area contributed by atoms with Gasteiger partial charge in [0.25, 0.3) is 10.0 Å². The fraction of sp³-hybridized carbons (Fsp3) is 0.154. The molecule has 2 rings (SSSR count).